The molecule has 132 valence electrons. The van der Waals surface area contributed by atoms with E-state index >= 15 is 0 Å². The van der Waals surface area contributed by atoms with Crippen LogP contribution in [0.4, 0.5) is 0 Å². The molecule has 7 heteroatoms. The Morgan fingerprint density at radius 2 is 2.04 bits per heavy atom. The Kier molecular flexibility index (Phi) is 5.52. The van der Waals surface area contributed by atoms with Gasteiger partial charge in [-0.05, 0) is 49.3 Å². The van der Waals surface area contributed by atoms with Gasteiger partial charge in [0.1, 0.15) is 0 Å². The van der Waals surface area contributed by atoms with Crippen molar-refractivity contribution < 1.29 is 17.9 Å². The third-order valence-electron chi connectivity index (χ3n) is 4.56. The van der Waals surface area contributed by atoms with Crippen LogP contribution in [0.5, 0.6) is 0 Å². The van der Waals surface area contributed by atoms with Crippen molar-refractivity contribution >= 4 is 27.5 Å². The van der Waals surface area contributed by atoms with Crippen molar-refractivity contribution in [2.75, 3.05) is 30.9 Å². The summed E-state index contributed by atoms with van der Waals surface area (Å²) in [6, 6.07) is 6.49. The van der Waals surface area contributed by atoms with E-state index in [2.05, 4.69) is 0 Å². The van der Waals surface area contributed by atoms with Gasteiger partial charge < -0.3 is 9.64 Å². The number of carbonyl (C=O) groups is 1. The number of hydrogen-bond acceptors (Lipinski definition) is 5. The van der Waals surface area contributed by atoms with E-state index in [1.807, 2.05) is 16.7 Å². The molecule has 1 aromatic carbocycles. The lowest BCUT2D eigenvalue weighted by atomic mass is 10.1. The molecule has 3 rings (SSSR count). The number of ether oxygens (including phenoxy) is 1. The second kappa shape index (κ2) is 7.45. The van der Waals surface area contributed by atoms with E-state index in [-0.39, 0.29) is 22.9 Å². The average molecular weight is 370 g/mol. The van der Waals surface area contributed by atoms with Crippen molar-refractivity contribution in [2.24, 2.45) is 0 Å². The van der Waals surface area contributed by atoms with Crippen LogP contribution in [0, 0.1) is 0 Å². The van der Waals surface area contributed by atoms with Crippen LogP contribution < -0.4 is 0 Å². The Bertz CT molecular complexity index is 675. The lowest BCUT2D eigenvalue weighted by Gasteiger charge is -2.31. The summed E-state index contributed by atoms with van der Waals surface area (Å²) in [4.78, 5) is 15.2. The number of rotatable bonds is 5. The fourth-order valence-corrected chi connectivity index (χ4v) is 5.04. The molecule has 0 unspecified atom stereocenters. The highest BCUT2D eigenvalue weighted by Gasteiger charge is 2.31. The zero-order chi connectivity index (χ0) is 17.2. The first-order chi connectivity index (χ1) is 11.4. The normalized spacial score (nSPS) is 24.2. The Balaban J connectivity index is 1.79. The molecular formula is C17H23NO4S2. The maximum atomic E-state index is 13.0. The minimum absolute atomic E-state index is 0.0296. The van der Waals surface area contributed by atoms with Gasteiger partial charge in [0.2, 0.25) is 0 Å². The topological polar surface area (TPSA) is 63.7 Å². The summed E-state index contributed by atoms with van der Waals surface area (Å²) < 4.78 is 28.9. The van der Waals surface area contributed by atoms with E-state index in [9.17, 15) is 13.2 Å². The maximum absolute atomic E-state index is 13.0. The third-order valence-corrected chi connectivity index (χ3v) is 6.83. The summed E-state index contributed by atoms with van der Waals surface area (Å²) in [7, 11) is -3.25. The van der Waals surface area contributed by atoms with Crippen LogP contribution in [0.1, 0.15) is 29.6 Å². The summed E-state index contributed by atoms with van der Waals surface area (Å²) in [5.74, 6) is 2.01. The lowest BCUT2D eigenvalue weighted by Crippen LogP contribution is -2.44. The highest BCUT2D eigenvalue weighted by molar-refractivity contribution is 7.99. The summed E-state index contributed by atoms with van der Waals surface area (Å²) in [5, 5.41) is 0. The van der Waals surface area contributed by atoms with Crippen LogP contribution in [-0.4, -0.2) is 62.3 Å². The molecule has 2 fully saturated rings. The van der Waals surface area contributed by atoms with Crippen molar-refractivity contribution in [1.82, 2.24) is 4.90 Å². The molecule has 2 aliphatic rings. The van der Waals surface area contributed by atoms with Crippen LogP contribution in [0.2, 0.25) is 0 Å². The molecule has 0 N–H and O–H groups in total. The lowest BCUT2D eigenvalue weighted by molar-refractivity contribution is 0.0441. The number of benzene rings is 1. The Labute approximate surface area is 147 Å². The molecule has 24 heavy (non-hydrogen) atoms. The largest absolute Gasteiger partial charge is 0.376 e. The molecule has 0 aromatic heterocycles. The molecular weight excluding hydrogens is 346 g/mol. The predicted octanol–water partition coefficient (Wildman–Crippen LogP) is 2.22. The van der Waals surface area contributed by atoms with Crippen LogP contribution in [0.3, 0.4) is 0 Å². The van der Waals surface area contributed by atoms with E-state index in [1.54, 1.807) is 12.1 Å². The predicted molar refractivity (Wildman–Crippen MR) is 95.3 cm³/mol. The van der Waals surface area contributed by atoms with Gasteiger partial charge in [-0.1, -0.05) is 0 Å². The first-order valence-corrected chi connectivity index (χ1v) is 11.3. The zero-order valence-electron chi connectivity index (χ0n) is 13.8. The number of thioether (sulfide) groups is 1. The molecule has 0 radical (unpaired) electrons. The highest BCUT2D eigenvalue weighted by atomic mass is 32.2. The Hall–Kier alpha value is -1.05. The van der Waals surface area contributed by atoms with Crippen LogP contribution in [-0.2, 0) is 14.6 Å². The molecule has 0 saturated carbocycles. The van der Waals surface area contributed by atoms with E-state index < -0.39 is 9.84 Å². The second-order valence-electron chi connectivity index (χ2n) is 6.41. The fourth-order valence-electron chi connectivity index (χ4n) is 3.18. The molecule has 2 atom stereocenters. The quantitative estimate of drug-likeness (QED) is 0.796. The number of carbonyl (C=O) groups excluding carboxylic acids is 1. The van der Waals surface area contributed by atoms with Gasteiger partial charge in [0, 0.05) is 36.8 Å². The standard InChI is InChI=1S/C17H23NO4S2/c1-24(20,21)16-6-4-13(5-7-16)17(19)18(14-8-10-23-12-14)11-15-3-2-9-22-15/h4-7,14-15H,2-3,8-12H2,1H3/t14-,15-/m1/s1. The molecule has 0 aliphatic carbocycles. The van der Waals surface area contributed by atoms with Gasteiger partial charge in [0.15, 0.2) is 9.84 Å². The van der Waals surface area contributed by atoms with E-state index in [1.165, 1.54) is 18.4 Å². The maximum Gasteiger partial charge on any atom is 0.254 e. The van der Waals surface area contributed by atoms with Crippen LogP contribution in [0.25, 0.3) is 0 Å². The second-order valence-corrected chi connectivity index (χ2v) is 9.57. The van der Waals surface area contributed by atoms with Crippen molar-refractivity contribution in [3.8, 4) is 0 Å². The van der Waals surface area contributed by atoms with Gasteiger partial charge in [-0.15, -0.1) is 0 Å². The van der Waals surface area contributed by atoms with Gasteiger partial charge in [-0.25, -0.2) is 8.42 Å². The first-order valence-electron chi connectivity index (χ1n) is 8.25. The van der Waals surface area contributed by atoms with Gasteiger partial charge in [0.25, 0.3) is 5.91 Å². The van der Waals surface area contributed by atoms with Crippen molar-refractivity contribution in [1.29, 1.82) is 0 Å². The highest BCUT2D eigenvalue weighted by Crippen LogP contribution is 2.26. The SMILES string of the molecule is CS(=O)(=O)c1ccc(C(=O)N(C[C@H]2CCCO2)[C@@H]2CCSC2)cc1. The summed E-state index contributed by atoms with van der Waals surface area (Å²) in [6.45, 7) is 1.40. The molecule has 1 aromatic rings. The van der Waals surface area contributed by atoms with Crippen molar-refractivity contribution in [2.45, 2.75) is 36.3 Å². The smallest absolute Gasteiger partial charge is 0.254 e. The van der Waals surface area contributed by atoms with Crippen molar-refractivity contribution in [3.63, 3.8) is 0 Å². The molecule has 2 aliphatic heterocycles. The summed E-state index contributed by atoms with van der Waals surface area (Å²) in [5.41, 5.74) is 0.539. The average Bonchev–Trinajstić information content (AvgIpc) is 3.24. The number of amides is 1. The monoisotopic (exact) mass is 369 g/mol. The summed E-state index contributed by atoms with van der Waals surface area (Å²) >= 11 is 1.87. The third kappa shape index (κ3) is 4.13. The number of nitrogens with zero attached hydrogens (tertiary/aromatic N) is 1. The number of hydrogen-bond donors (Lipinski definition) is 0. The van der Waals surface area contributed by atoms with E-state index in [0.717, 1.165) is 37.4 Å². The van der Waals surface area contributed by atoms with E-state index in [4.69, 9.17) is 4.74 Å². The Morgan fingerprint density at radius 1 is 1.29 bits per heavy atom. The minimum atomic E-state index is -3.25. The Morgan fingerprint density at radius 3 is 2.58 bits per heavy atom. The molecule has 1 amide bonds. The minimum Gasteiger partial charge on any atom is -0.376 e. The zero-order valence-corrected chi connectivity index (χ0v) is 15.4. The van der Waals surface area contributed by atoms with Crippen LogP contribution >= 0.6 is 11.8 Å². The van der Waals surface area contributed by atoms with Crippen molar-refractivity contribution in [3.05, 3.63) is 29.8 Å². The first kappa shape index (κ1) is 17.8. The molecule has 0 spiro atoms. The van der Waals surface area contributed by atoms with Gasteiger partial charge in [0.05, 0.1) is 11.0 Å². The van der Waals surface area contributed by atoms with Gasteiger partial charge in [-0.3, -0.25) is 4.79 Å². The molecule has 2 saturated heterocycles. The fraction of sp³-hybridized carbons (Fsp3) is 0.588. The molecule has 5 nitrogen and oxygen atoms in total. The molecule has 2 heterocycles. The number of sulfone groups is 1. The van der Waals surface area contributed by atoms with Gasteiger partial charge >= 0.3 is 0 Å². The van der Waals surface area contributed by atoms with Crippen LogP contribution in [0.15, 0.2) is 29.2 Å². The molecule has 0 bridgehead atoms. The van der Waals surface area contributed by atoms with E-state index in [0.29, 0.717) is 12.1 Å². The summed E-state index contributed by atoms with van der Waals surface area (Å²) in [6.07, 6.45) is 4.34. The van der Waals surface area contributed by atoms with Gasteiger partial charge in [-0.2, -0.15) is 11.8 Å².